The van der Waals surface area contributed by atoms with Crippen molar-refractivity contribution in [3.63, 3.8) is 0 Å². The molecule has 3 rings (SSSR count). The van der Waals surface area contributed by atoms with E-state index in [1.807, 2.05) is 0 Å². The maximum Gasteiger partial charge on any atom is 0.286 e. The van der Waals surface area contributed by atoms with Crippen LogP contribution >= 0.6 is 0 Å². The largest absolute Gasteiger partial charge is 0.357 e. The van der Waals surface area contributed by atoms with Crippen molar-refractivity contribution in [1.29, 1.82) is 0 Å². The second-order valence-electron chi connectivity index (χ2n) is 4.38. The average Bonchev–Trinajstić information content (AvgIpc) is 3.13. The summed E-state index contributed by atoms with van der Waals surface area (Å²) in [7, 11) is 0. The molecule has 0 atom stereocenters. The molecule has 1 aromatic carbocycles. The fourth-order valence-corrected chi connectivity index (χ4v) is 1.96. The van der Waals surface area contributed by atoms with Gasteiger partial charge in [0.2, 0.25) is 0 Å². The summed E-state index contributed by atoms with van der Waals surface area (Å²) in [6.45, 7) is 0. The van der Waals surface area contributed by atoms with Gasteiger partial charge >= 0.3 is 0 Å². The summed E-state index contributed by atoms with van der Waals surface area (Å²) >= 11 is 0. The van der Waals surface area contributed by atoms with Gasteiger partial charge in [-0.05, 0) is 30.3 Å². The maximum atomic E-state index is 13.5. The van der Waals surface area contributed by atoms with Gasteiger partial charge in [0, 0.05) is 17.1 Å². The van der Waals surface area contributed by atoms with Crippen LogP contribution in [0.15, 0.2) is 42.6 Å². The van der Waals surface area contributed by atoms with Crippen LogP contribution in [0, 0.1) is 5.82 Å². The second-order valence-corrected chi connectivity index (χ2v) is 4.38. The van der Waals surface area contributed by atoms with Crippen molar-refractivity contribution in [3.05, 3.63) is 59.8 Å². The van der Waals surface area contributed by atoms with E-state index in [-0.39, 0.29) is 5.69 Å². The summed E-state index contributed by atoms with van der Waals surface area (Å²) < 4.78 is 13.5. The Balaban J connectivity index is 1.72. The van der Waals surface area contributed by atoms with E-state index in [4.69, 9.17) is 0 Å². The molecule has 21 heavy (non-hydrogen) atoms. The molecule has 4 N–H and O–H groups in total. The number of benzene rings is 1. The minimum absolute atomic E-state index is 0.155. The van der Waals surface area contributed by atoms with Gasteiger partial charge in [-0.25, -0.2) is 4.39 Å². The smallest absolute Gasteiger partial charge is 0.286 e. The van der Waals surface area contributed by atoms with E-state index in [9.17, 15) is 14.0 Å². The normalized spacial score (nSPS) is 10.5. The van der Waals surface area contributed by atoms with E-state index in [1.165, 1.54) is 12.1 Å². The summed E-state index contributed by atoms with van der Waals surface area (Å²) in [6, 6.07) is 9.14. The lowest BCUT2D eigenvalue weighted by atomic mass is 10.2. The molecule has 0 aliphatic carbocycles. The number of hydrogen-bond donors (Lipinski definition) is 4. The standard InChI is InChI=1S/C14H11FN4O2/c15-9-3-1-4-10-8(9)7-12(17-10)14(21)19-18-13(20)11-5-2-6-16-11/h1-7,16-17H,(H,18,20)(H,19,21). The van der Waals surface area contributed by atoms with Crippen LogP contribution in [0.3, 0.4) is 0 Å². The molecule has 6 nitrogen and oxygen atoms in total. The number of carbonyl (C=O) groups excluding carboxylic acids is 2. The third-order valence-corrected chi connectivity index (χ3v) is 2.99. The van der Waals surface area contributed by atoms with Crippen LogP contribution in [0.5, 0.6) is 0 Å². The average molecular weight is 286 g/mol. The molecule has 0 bridgehead atoms. The third kappa shape index (κ3) is 2.48. The number of nitrogens with one attached hydrogen (secondary N) is 4. The predicted octanol–water partition coefficient (Wildman–Crippen LogP) is 1.71. The molecule has 0 radical (unpaired) electrons. The molecule has 0 unspecified atom stereocenters. The summed E-state index contributed by atoms with van der Waals surface area (Å²) in [5.41, 5.74) is 5.50. The van der Waals surface area contributed by atoms with Crippen LogP contribution in [0.25, 0.3) is 10.9 Å². The van der Waals surface area contributed by atoms with Gasteiger partial charge in [0.15, 0.2) is 0 Å². The van der Waals surface area contributed by atoms with Crippen molar-refractivity contribution in [2.24, 2.45) is 0 Å². The molecule has 0 saturated heterocycles. The minimum Gasteiger partial charge on any atom is -0.357 e. The van der Waals surface area contributed by atoms with Gasteiger partial charge in [0.05, 0.1) is 0 Å². The van der Waals surface area contributed by atoms with Gasteiger partial charge in [0.25, 0.3) is 11.8 Å². The zero-order valence-electron chi connectivity index (χ0n) is 10.7. The molecular weight excluding hydrogens is 275 g/mol. The zero-order chi connectivity index (χ0) is 14.8. The lowest BCUT2D eigenvalue weighted by Crippen LogP contribution is -2.41. The van der Waals surface area contributed by atoms with Crippen LogP contribution in [0.4, 0.5) is 4.39 Å². The van der Waals surface area contributed by atoms with Gasteiger partial charge in [-0.2, -0.15) is 0 Å². The zero-order valence-corrected chi connectivity index (χ0v) is 10.7. The molecule has 106 valence electrons. The fraction of sp³-hybridized carbons (Fsp3) is 0. The molecule has 2 aromatic heterocycles. The Bertz CT molecular complexity index is 808. The number of hydrazine groups is 1. The Morgan fingerprint density at radius 2 is 1.76 bits per heavy atom. The molecule has 3 aromatic rings. The van der Waals surface area contributed by atoms with Gasteiger partial charge < -0.3 is 9.97 Å². The fourth-order valence-electron chi connectivity index (χ4n) is 1.96. The van der Waals surface area contributed by atoms with Crippen molar-refractivity contribution >= 4 is 22.7 Å². The first kappa shape index (κ1) is 12.9. The van der Waals surface area contributed by atoms with Crippen molar-refractivity contribution in [1.82, 2.24) is 20.8 Å². The lowest BCUT2D eigenvalue weighted by Gasteiger charge is -2.04. The Morgan fingerprint density at radius 1 is 1.00 bits per heavy atom. The SMILES string of the molecule is O=C(NNC(=O)c1cc2c(F)cccc2[nH]1)c1ccc[nH]1. The number of hydrogen-bond acceptors (Lipinski definition) is 2. The first-order valence-corrected chi connectivity index (χ1v) is 6.16. The van der Waals surface area contributed by atoms with Crippen LogP contribution in [0.2, 0.25) is 0 Å². The van der Waals surface area contributed by atoms with Crippen LogP contribution in [-0.2, 0) is 0 Å². The number of aromatic nitrogens is 2. The Hall–Kier alpha value is -3.09. The highest BCUT2D eigenvalue weighted by atomic mass is 19.1. The van der Waals surface area contributed by atoms with Crippen LogP contribution in [-0.4, -0.2) is 21.8 Å². The molecule has 2 heterocycles. The summed E-state index contributed by atoms with van der Waals surface area (Å²) in [5, 5.41) is 0.318. The molecule has 0 spiro atoms. The number of aromatic amines is 2. The van der Waals surface area contributed by atoms with E-state index >= 15 is 0 Å². The van der Waals surface area contributed by atoms with E-state index in [1.54, 1.807) is 30.5 Å². The Kier molecular flexibility index (Phi) is 3.15. The molecule has 0 aliphatic heterocycles. The first-order chi connectivity index (χ1) is 10.1. The number of carbonyl (C=O) groups is 2. The van der Waals surface area contributed by atoms with Crippen molar-refractivity contribution in [2.45, 2.75) is 0 Å². The van der Waals surface area contributed by atoms with Crippen LogP contribution < -0.4 is 10.9 Å². The van der Waals surface area contributed by atoms with E-state index in [0.29, 0.717) is 16.6 Å². The number of fused-ring (bicyclic) bond motifs is 1. The highest BCUT2D eigenvalue weighted by Gasteiger charge is 2.13. The predicted molar refractivity (Wildman–Crippen MR) is 74.0 cm³/mol. The van der Waals surface area contributed by atoms with Crippen molar-refractivity contribution in [2.75, 3.05) is 0 Å². The number of H-pyrrole nitrogens is 2. The first-order valence-electron chi connectivity index (χ1n) is 6.16. The molecule has 2 amide bonds. The van der Waals surface area contributed by atoms with Crippen molar-refractivity contribution < 1.29 is 14.0 Å². The third-order valence-electron chi connectivity index (χ3n) is 2.99. The van der Waals surface area contributed by atoms with Gasteiger partial charge in [-0.15, -0.1) is 0 Å². The van der Waals surface area contributed by atoms with Gasteiger partial charge in [-0.3, -0.25) is 20.4 Å². The maximum absolute atomic E-state index is 13.5. The summed E-state index contributed by atoms with van der Waals surface area (Å²) in [6.07, 6.45) is 1.59. The number of halogens is 1. The minimum atomic E-state index is -0.564. The highest BCUT2D eigenvalue weighted by Crippen LogP contribution is 2.18. The Morgan fingerprint density at radius 3 is 2.43 bits per heavy atom. The molecule has 0 aliphatic rings. The monoisotopic (exact) mass is 286 g/mol. The number of rotatable bonds is 2. The van der Waals surface area contributed by atoms with Crippen molar-refractivity contribution in [3.8, 4) is 0 Å². The number of amides is 2. The summed E-state index contributed by atoms with van der Waals surface area (Å²) in [4.78, 5) is 29.0. The lowest BCUT2D eigenvalue weighted by molar-refractivity contribution is 0.0842. The van der Waals surface area contributed by atoms with E-state index < -0.39 is 17.6 Å². The second kappa shape index (κ2) is 5.12. The highest BCUT2D eigenvalue weighted by molar-refractivity contribution is 6.00. The van der Waals surface area contributed by atoms with E-state index in [2.05, 4.69) is 20.8 Å². The molecular formula is C14H11FN4O2. The van der Waals surface area contributed by atoms with Gasteiger partial charge in [0.1, 0.15) is 17.2 Å². The van der Waals surface area contributed by atoms with E-state index in [0.717, 1.165) is 0 Å². The summed E-state index contributed by atoms with van der Waals surface area (Å²) in [5.74, 6) is -1.46. The molecule has 7 heteroatoms. The Labute approximate surface area is 118 Å². The quantitative estimate of drug-likeness (QED) is 0.540. The van der Waals surface area contributed by atoms with Gasteiger partial charge in [-0.1, -0.05) is 6.07 Å². The topological polar surface area (TPSA) is 89.8 Å². The van der Waals surface area contributed by atoms with Crippen LogP contribution in [0.1, 0.15) is 21.0 Å². The molecule has 0 saturated carbocycles. The molecule has 0 fully saturated rings.